The predicted molar refractivity (Wildman–Crippen MR) is 93.6 cm³/mol. The number of benzene rings is 2. The fourth-order valence-electron chi connectivity index (χ4n) is 2.00. The second-order valence-corrected chi connectivity index (χ2v) is 5.90. The lowest BCUT2D eigenvalue weighted by molar-refractivity contribution is -0.141. The molecular formula is C18H21N3O4. The van der Waals surface area contributed by atoms with Gasteiger partial charge in [-0.25, -0.2) is 0 Å². The number of carbonyl (C=O) groups is 3. The van der Waals surface area contributed by atoms with Gasteiger partial charge in [0.1, 0.15) is 5.75 Å². The first-order valence-electron chi connectivity index (χ1n) is 7.94. The summed E-state index contributed by atoms with van der Waals surface area (Å²) in [7, 11) is 0. The van der Waals surface area contributed by atoms with Gasteiger partial charge in [-0.05, 0) is 28.8 Å². The van der Waals surface area contributed by atoms with Crippen LogP contribution in [0.4, 0.5) is 0 Å². The maximum Gasteiger partial charge on any atom is 0.327 e. The van der Waals surface area contributed by atoms with Crippen LogP contribution in [-0.2, 0) is 14.4 Å². The molecule has 2 aromatic rings. The van der Waals surface area contributed by atoms with Crippen molar-refractivity contribution in [3.05, 3.63) is 42.5 Å². The van der Waals surface area contributed by atoms with E-state index in [0.29, 0.717) is 12.3 Å². The van der Waals surface area contributed by atoms with Crippen molar-refractivity contribution in [1.29, 1.82) is 0 Å². The number of hydrazine groups is 1. The fourth-order valence-corrected chi connectivity index (χ4v) is 2.00. The van der Waals surface area contributed by atoms with Gasteiger partial charge in [0.05, 0.1) is 0 Å². The summed E-state index contributed by atoms with van der Waals surface area (Å²) in [4.78, 5) is 34.7. The van der Waals surface area contributed by atoms with Gasteiger partial charge in [0.25, 0.3) is 5.91 Å². The van der Waals surface area contributed by atoms with E-state index < -0.39 is 17.7 Å². The molecule has 7 heteroatoms. The maximum absolute atomic E-state index is 11.7. The summed E-state index contributed by atoms with van der Waals surface area (Å²) in [6, 6.07) is 13.2. The molecule has 0 saturated heterocycles. The number of ether oxygens (including phenoxy) is 1. The molecule has 0 aromatic heterocycles. The molecule has 0 aliphatic heterocycles. The highest BCUT2D eigenvalue weighted by Crippen LogP contribution is 2.20. The quantitative estimate of drug-likeness (QED) is 0.560. The van der Waals surface area contributed by atoms with Gasteiger partial charge in [0.2, 0.25) is 0 Å². The molecule has 132 valence electrons. The molecule has 0 unspecified atom stereocenters. The van der Waals surface area contributed by atoms with E-state index in [1.807, 2.05) is 55.7 Å². The monoisotopic (exact) mass is 343 g/mol. The third-order valence-corrected chi connectivity index (χ3v) is 3.28. The molecule has 3 amide bonds. The number of fused-ring (bicyclic) bond motifs is 1. The lowest BCUT2D eigenvalue weighted by Crippen LogP contribution is -2.50. The molecular weight excluding hydrogens is 322 g/mol. The summed E-state index contributed by atoms with van der Waals surface area (Å²) < 4.78 is 5.38. The average Bonchev–Trinajstić information content (AvgIpc) is 2.62. The Kier molecular flexibility index (Phi) is 6.33. The largest absolute Gasteiger partial charge is 0.484 e. The highest BCUT2D eigenvalue weighted by Gasteiger charge is 2.14. The smallest absolute Gasteiger partial charge is 0.327 e. The zero-order chi connectivity index (χ0) is 18.2. The molecule has 25 heavy (non-hydrogen) atoms. The van der Waals surface area contributed by atoms with Gasteiger partial charge in [-0.2, -0.15) is 0 Å². The Labute approximate surface area is 145 Å². The standard InChI is InChI=1S/C18H21N3O4/c1-12(2)10-19-17(23)18(24)21-20-16(22)11-25-15-8-7-13-5-3-4-6-14(13)9-15/h3-9,12H,10-11H2,1-2H3,(H,19,23)(H,20,22)(H,21,24). The summed E-state index contributed by atoms with van der Waals surface area (Å²) in [6.07, 6.45) is 0. The van der Waals surface area contributed by atoms with Crippen molar-refractivity contribution in [1.82, 2.24) is 16.2 Å². The first kappa shape index (κ1) is 18.3. The minimum Gasteiger partial charge on any atom is -0.484 e. The topological polar surface area (TPSA) is 96.5 Å². The van der Waals surface area contributed by atoms with E-state index >= 15 is 0 Å². The van der Waals surface area contributed by atoms with Crippen LogP contribution in [0.3, 0.4) is 0 Å². The van der Waals surface area contributed by atoms with E-state index in [2.05, 4.69) is 10.7 Å². The van der Waals surface area contributed by atoms with Crippen LogP contribution in [0.15, 0.2) is 42.5 Å². The van der Waals surface area contributed by atoms with Crippen molar-refractivity contribution in [3.8, 4) is 5.75 Å². The molecule has 0 bridgehead atoms. The van der Waals surface area contributed by atoms with Crippen LogP contribution >= 0.6 is 0 Å². The van der Waals surface area contributed by atoms with E-state index in [4.69, 9.17) is 4.74 Å². The van der Waals surface area contributed by atoms with Gasteiger partial charge in [-0.15, -0.1) is 0 Å². The van der Waals surface area contributed by atoms with Gasteiger partial charge in [-0.1, -0.05) is 44.2 Å². The summed E-state index contributed by atoms with van der Waals surface area (Å²) in [5.74, 6) is -1.54. The molecule has 2 aromatic carbocycles. The predicted octanol–water partition coefficient (Wildman–Crippen LogP) is 1.14. The fraction of sp³-hybridized carbons (Fsp3) is 0.278. The maximum atomic E-state index is 11.7. The summed E-state index contributed by atoms with van der Waals surface area (Å²) in [5, 5.41) is 4.51. The zero-order valence-electron chi connectivity index (χ0n) is 14.2. The van der Waals surface area contributed by atoms with E-state index in [1.54, 1.807) is 6.07 Å². The Hall–Kier alpha value is -3.09. The first-order chi connectivity index (χ1) is 12.0. The van der Waals surface area contributed by atoms with Crippen LogP contribution in [0.5, 0.6) is 5.75 Å². The summed E-state index contributed by atoms with van der Waals surface area (Å²) in [5.41, 5.74) is 4.18. The van der Waals surface area contributed by atoms with E-state index in [0.717, 1.165) is 10.8 Å². The molecule has 0 aliphatic rings. The molecule has 0 fully saturated rings. The number of nitrogens with one attached hydrogen (secondary N) is 3. The molecule has 3 N–H and O–H groups in total. The van der Waals surface area contributed by atoms with Crippen LogP contribution in [0.25, 0.3) is 10.8 Å². The van der Waals surface area contributed by atoms with Gasteiger partial charge >= 0.3 is 11.8 Å². The molecule has 0 saturated carbocycles. The number of hydrogen-bond acceptors (Lipinski definition) is 4. The van der Waals surface area contributed by atoms with Crippen LogP contribution in [0.2, 0.25) is 0 Å². The molecule has 0 radical (unpaired) electrons. The van der Waals surface area contributed by atoms with Crippen molar-refractivity contribution >= 4 is 28.5 Å². The van der Waals surface area contributed by atoms with Gasteiger partial charge in [0.15, 0.2) is 6.61 Å². The van der Waals surface area contributed by atoms with Gasteiger partial charge in [-0.3, -0.25) is 25.2 Å². The Bertz CT molecular complexity index is 774. The van der Waals surface area contributed by atoms with Crippen molar-refractivity contribution < 1.29 is 19.1 Å². The second-order valence-electron chi connectivity index (χ2n) is 5.90. The highest BCUT2D eigenvalue weighted by molar-refractivity contribution is 6.35. The molecule has 0 atom stereocenters. The number of hydrogen-bond donors (Lipinski definition) is 3. The lowest BCUT2D eigenvalue weighted by Gasteiger charge is -2.10. The Morgan fingerprint density at radius 2 is 1.68 bits per heavy atom. The first-order valence-corrected chi connectivity index (χ1v) is 7.94. The molecule has 0 heterocycles. The van der Waals surface area contributed by atoms with Gasteiger partial charge in [0, 0.05) is 6.54 Å². The molecule has 7 nitrogen and oxygen atoms in total. The van der Waals surface area contributed by atoms with E-state index in [9.17, 15) is 14.4 Å². The molecule has 0 spiro atoms. The second kappa shape index (κ2) is 8.68. The number of carbonyl (C=O) groups excluding carboxylic acids is 3. The van der Waals surface area contributed by atoms with Crippen LogP contribution in [0, 0.1) is 5.92 Å². The van der Waals surface area contributed by atoms with Crippen molar-refractivity contribution in [3.63, 3.8) is 0 Å². The minimum atomic E-state index is -0.931. The Balaban J connectivity index is 1.76. The van der Waals surface area contributed by atoms with Gasteiger partial charge < -0.3 is 10.1 Å². The van der Waals surface area contributed by atoms with Crippen molar-refractivity contribution in [2.45, 2.75) is 13.8 Å². The highest BCUT2D eigenvalue weighted by atomic mass is 16.5. The molecule has 2 rings (SSSR count). The Morgan fingerprint density at radius 3 is 2.40 bits per heavy atom. The number of rotatable bonds is 5. The summed E-state index contributed by atoms with van der Waals surface area (Å²) in [6.45, 7) is 3.91. The summed E-state index contributed by atoms with van der Waals surface area (Å²) >= 11 is 0. The van der Waals surface area contributed by atoms with Crippen LogP contribution < -0.4 is 20.9 Å². The third-order valence-electron chi connectivity index (χ3n) is 3.28. The zero-order valence-corrected chi connectivity index (χ0v) is 14.2. The Morgan fingerprint density at radius 1 is 0.960 bits per heavy atom. The number of amides is 3. The van der Waals surface area contributed by atoms with Crippen molar-refractivity contribution in [2.24, 2.45) is 5.92 Å². The van der Waals surface area contributed by atoms with E-state index in [1.165, 1.54) is 0 Å². The molecule has 0 aliphatic carbocycles. The average molecular weight is 343 g/mol. The third kappa shape index (κ3) is 5.80. The van der Waals surface area contributed by atoms with E-state index in [-0.39, 0.29) is 12.5 Å². The van der Waals surface area contributed by atoms with Crippen molar-refractivity contribution in [2.75, 3.05) is 13.2 Å². The van der Waals surface area contributed by atoms with Crippen LogP contribution in [-0.4, -0.2) is 30.9 Å². The minimum absolute atomic E-state index is 0.224. The van der Waals surface area contributed by atoms with Crippen LogP contribution in [0.1, 0.15) is 13.8 Å². The lowest BCUT2D eigenvalue weighted by atomic mass is 10.1. The SMILES string of the molecule is CC(C)CNC(=O)C(=O)NNC(=O)COc1ccc2ccccc2c1. The normalized spacial score (nSPS) is 10.4.